The number of anilines is 1. The Hall–Kier alpha value is -2.21. The minimum Gasteiger partial charge on any atom is -0.353 e. The second-order valence-corrected chi connectivity index (χ2v) is 6.23. The summed E-state index contributed by atoms with van der Waals surface area (Å²) in [4.78, 5) is 6.52. The second-order valence-electron chi connectivity index (χ2n) is 5.32. The van der Waals surface area contributed by atoms with Crippen molar-refractivity contribution in [2.45, 2.75) is 13.0 Å². The van der Waals surface area contributed by atoms with Crippen molar-refractivity contribution in [2.24, 2.45) is 0 Å². The van der Waals surface area contributed by atoms with Gasteiger partial charge in [-0.15, -0.1) is 0 Å². The second kappa shape index (κ2) is 6.50. The number of benzene rings is 1. The normalized spacial score (nSPS) is 12.2. The summed E-state index contributed by atoms with van der Waals surface area (Å²) in [6, 6.07) is 12.0. The lowest BCUT2D eigenvalue weighted by Crippen LogP contribution is -2.22. The minimum atomic E-state index is -0.344. The molecule has 4 nitrogen and oxygen atoms in total. The lowest BCUT2D eigenvalue weighted by Gasteiger charge is -2.26. The Morgan fingerprint density at radius 3 is 2.43 bits per heavy atom. The number of nitrogens with zero attached hydrogens (tertiary/aromatic N) is 4. The Morgan fingerprint density at radius 1 is 1.13 bits per heavy atom. The van der Waals surface area contributed by atoms with Crippen molar-refractivity contribution < 1.29 is 4.39 Å². The van der Waals surface area contributed by atoms with Gasteiger partial charge in [0.15, 0.2) is 5.82 Å². The Balaban J connectivity index is 1.79. The number of rotatable bonds is 4. The van der Waals surface area contributed by atoms with Crippen LogP contribution in [-0.4, -0.2) is 21.8 Å². The number of hydrogen-bond acceptors (Lipinski definition) is 3. The molecule has 0 fully saturated rings. The van der Waals surface area contributed by atoms with E-state index in [-0.39, 0.29) is 11.9 Å². The van der Waals surface area contributed by atoms with Gasteiger partial charge >= 0.3 is 0 Å². The van der Waals surface area contributed by atoms with E-state index >= 15 is 0 Å². The van der Waals surface area contributed by atoms with Gasteiger partial charge in [0.25, 0.3) is 0 Å². The van der Waals surface area contributed by atoms with E-state index in [9.17, 15) is 4.39 Å². The number of hydrogen-bond donors (Lipinski definition) is 0. The molecule has 3 aromatic rings. The summed E-state index contributed by atoms with van der Waals surface area (Å²) in [6.07, 6.45) is 4.34. The van der Waals surface area contributed by atoms with E-state index < -0.39 is 0 Å². The van der Waals surface area contributed by atoms with Crippen LogP contribution in [0.1, 0.15) is 18.5 Å². The van der Waals surface area contributed by atoms with Crippen molar-refractivity contribution >= 4 is 21.7 Å². The standard InChI is InChI=1S/C17H16BrFN4/c1-12(22(2)17-8-5-14(18)9-20-17)13-3-6-16(7-4-13)23-11-15(19)10-21-23/h3-12H,1-2H3. The molecular formula is C17H16BrFN4. The summed E-state index contributed by atoms with van der Waals surface area (Å²) in [5.74, 6) is 0.558. The molecule has 0 radical (unpaired) electrons. The third-order valence-electron chi connectivity index (χ3n) is 3.85. The van der Waals surface area contributed by atoms with Crippen molar-refractivity contribution in [2.75, 3.05) is 11.9 Å². The smallest absolute Gasteiger partial charge is 0.161 e. The molecule has 3 rings (SSSR count). The number of aromatic nitrogens is 3. The van der Waals surface area contributed by atoms with Crippen LogP contribution in [0.2, 0.25) is 0 Å². The van der Waals surface area contributed by atoms with Gasteiger partial charge < -0.3 is 4.90 Å². The molecule has 2 heterocycles. The summed E-state index contributed by atoms with van der Waals surface area (Å²) in [5, 5.41) is 3.97. The zero-order valence-electron chi connectivity index (χ0n) is 12.8. The van der Waals surface area contributed by atoms with Gasteiger partial charge in [0.05, 0.1) is 24.1 Å². The van der Waals surface area contributed by atoms with E-state index in [0.29, 0.717) is 0 Å². The Morgan fingerprint density at radius 2 is 1.87 bits per heavy atom. The van der Waals surface area contributed by atoms with Gasteiger partial charge in [-0.2, -0.15) is 5.10 Å². The highest BCUT2D eigenvalue weighted by atomic mass is 79.9. The summed E-state index contributed by atoms with van der Waals surface area (Å²) in [6.45, 7) is 2.12. The molecule has 0 N–H and O–H groups in total. The van der Waals surface area contributed by atoms with Gasteiger partial charge in [0, 0.05) is 17.7 Å². The molecule has 0 aliphatic rings. The lowest BCUT2D eigenvalue weighted by molar-refractivity contribution is 0.627. The average molecular weight is 375 g/mol. The fourth-order valence-corrected chi connectivity index (χ4v) is 2.58. The van der Waals surface area contributed by atoms with Crippen LogP contribution in [0.3, 0.4) is 0 Å². The first-order chi connectivity index (χ1) is 11.0. The van der Waals surface area contributed by atoms with E-state index in [1.807, 2.05) is 43.4 Å². The quantitative estimate of drug-likeness (QED) is 0.679. The molecule has 1 unspecified atom stereocenters. The molecule has 2 aromatic heterocycles. The van der Waals surface area contributed by atoms with Crippen LogP contribution >= 0.6 is 15.9 Å². The largest absolute Gasteiger partial charge is 0.353 e. The first kappa shape index (κ1) is 15.7. The number of halogens is 2. The molecule has 118 valence electrons. The molecule has 23 heavy (non-hydrogen) atoms. The lowest BCUT2D eigenvalue weighted by atomic mass is 10.1. The van der Waals surface area contributed by atoms with E-state index in [2.05, 4.69) is 37.8 Å². The zero-order chi connectivity index (χ0) is 16.4. The van der Waals surface area contributed by atoms with E-state index in [0.717, 1.165) is 21.5 Å². The first-order valence-corrected chi connectivity index (χ1v) is 7.99. The maximum absolute atomic E-state index is 13.0. The summed E-state index contributed by atoms with van der Waals surface area (Å²) < 4.78 is 15.5. The Bertz CT molecular complexity index is 783. The third kappa shape index (κ3) is 3.42. The van der Waals surface area contributed by atoms with Crippen molar-refractivity contribution in [1.29, 1.82) is 0 Å². The highest BCUT2D eigenvalue weighted by molar-refractivity contribution is 9.10. The van der Waals surface area contributed by atoms with Gasteiger partial charge in [-0.1, -0.05) is 12.1 Å². The maximum Gasteiger partial charge on any atom is 0.161 e. The van der Waals surface area contributed by atoms with Crippen LogP contribution in [0.15, 0.2) is 59.5 Å². The Labute approximate surface area is 142 Å². The fourth-order valence-electron chi connectivity index (χ4n) is 2.35. The molecule has 0 saturated heterocycles. The van der Waals surface area contributed by atoms with Gasteiger partial charge in [-0.25, -0.2) is 14.1 Å². The van der Waals surface area contributed by atoms with Crippen LogP contribution in [0.5, 0.6) is 0 Å². The van der Waals surface area contributed by atoms with Gasteiger partial charge in [-0.3, -0.25) is 0 Å². The molecule has 0 amide bonds. The minimum absolute atomic E-state index is 0.159. The van der Waals surface area contributed by atoms with Gasteiger partial charge in [0.2, 0.25) is 0 Å². The van der Waals surface area contributed by atoms with E-state index in [4.69, 9.17) is 0 Å². The molecular weight excluding hydrogens is 359 g/mol. The van der Waals surface area contributed by atoms with Crippen molar-refractivity contribution in [3.8, 4) is 5.69 Å². The highest BCUT2D eigenvalue weighted by Gasteiger charge is 2.13. The summed E-state index contributed by atoms with van der Waals surface area (Å²) in [5.41, 5.74) is 1.97. The Kier molecular flexibility index (Phi) is 4.43. The monoisotopic (exact) mass is 374 g/mol. The van der Waals surface area contributed by atoms with Crippen LogP contribution in [-0.2, 0) is 0 Å². The molecule has 6 heteroatoms. The van der Waals surface area contributed by atoms with Crippen LogP contribution in [0, 0.1) is 5.82 Å². The molecule has 0 saturated carbocycles. The van der Waals surface area contributed by atoms with Crippen LogP contribution in [0.25, 0.3) is 5.69 Å². The van der Waals surface area contributed by atoms with Crippen molar-refractivity contribution in [1.82, 2.24) is 14.8 Å². The van der Waals surface area contributed by atoms with Gasteiger partial charge in [0.1, 0.15) is 5.82 Å². The van der Waals surface area contributed by atoms with Gasteiger partial charge in [-0.05, 0) is 52.7 Å². The summed E-state index contributed by atoms with van der Waals surface area (Å²) in [7, 11) is 2.01. The highest BCUT2D eigenvalue weighted by Crippen LogP contribution is 2.25. The van der Waals surface area contributed by atoms with Crippen LogP contribution in [0.4, 0.5) is 10.2 Å². The predicted molar refractivity (Wildman–Crippen MR) is 92.3 cm³/mol. The first-order valence-electron chi connectivity index (χ1n) is 7.19. The third-order valence-corrected chi connectivity index (χ3v) is 4.31. The van der Waals surface area contributed by atoms with Crippen molar-refractivity contribution in [3.05, 3.63) is 70.8 Å². The van der Waals surface area contributed by atoms with Crippen LogP contribution < -0.4 is 4.90 Å². The van der Waals surface area contributed by atoms with Crippen molar-refractivity contribution in [3.63, 3.8) is 0 Å². The topological polar surface area (TPSA) is 34.0 Å². The fraction of sp³-hybridized carbons (Fsp3) is 0.176. The number of pyridine rings is 1. The molecule has 0 spiro atoms. The van der Waals surface area contributed by atoms with E-state index in [1.165, 1.54) is 17.1 Å². The summed E-state index contributed by atoms with van der Waals surface area (Å²) >= 11 is 3.39. The SMILES string of the molecule is CC(c1ccc(-n2cc(F)cn2)cc1)N(C)c1ccc(Br)cn1. The molecule has 1 aromatic carbocycles. The molecule has 0 bridgehead atoms. The maximum atomic E-state index is 13.0. The molecule has 1 atom stereocenters. The zero-order valence-corrected chi connectivity index (χ0v) is 14.4. The van der Waals surface area contributed by atoms with E-state index in [1.54, 1.807) is 6.20 Å². The predicted octanol–water partition coefficient (Wildman–Crippen LogP) is 4.37. The molecule has 0 aliphatic carbocycles. The average Bonchev–Trinajstić information content (AvgIpc) is 3.01. The molecule has 0 aliphatic heterocycles.